The van der Waals surface area contributed by atoms with Crippen LogP contribution < -0.4 is 0 Å². The molecule has 2 heteroatoms. The molecule has 0 aliphatic heterocycles. The monoisotopic (exact) mass is 458 g/mol. The van der Waals surface area contributed by atoms with Gasteiger partial charge in [-0.05, 0) is 111 Å². The Labute approximate surface area is 206 Å². The third-order valence-electron chi connectivity index (χ3n) is 8.90. The molecule has 1 aromatic rings. The highest BCUT2D eigenvalue weighted by Gasteiger charge is 2.56. The van der Waals surface area contributed by atoms with Crippen LogP contribution in [-0.4, -0.2) is 17.0 Å². The van der Waals surface area contributed by atoms with Crippen molar-refractivity contribution in [1.29, 1.82) is 0 Å². The molecule has 5 atom stereocenters. The fourth-order valence-corrected chi connectivity index (χ4v) is 6.92. The number of allylic oxidation sites excluding steroid dienone is 4. The lowest BCUT2D eigenvalue weighted by Gasteiger charge is -2.52. The first-order chi connectivity index (χ1) is 16.1. The summed E-state index contributed by atoms with van der Waals surface area (Å²) in [6.45, 7) is 10.6. The Kier molecular flexibility index (Phi) is 6.99. The first-order valence-electron chi connectivity index (χ1n) is 13.3. The van der Waals surface area contributed by atoms with Gasteiger partial charge in [0.05, 0.1) is 6.10 Å². The zero-order valence-corrected chi connectivity index (χ0v) is 21.8. The van der Waals surface area contributed by atoms with E-state index in [1.165, 1.54) is 22.3 Å². The Bertz CT molecular complexity index is 1030. The molecule has 34 heavy (non-hydrogen) atoms. The van der Waals surface area contributed by atoms with Crippen molar-refractivity contribution in [3.05, 3.63) is 58.2 Å². The van der Waals surface area contributed by atoms with E-state index in [1.807, 2.05) is 26.8 Å². The van der Waals surface area contributed by atoms with E-state index >= 15 is 0 Å². The van der Waals surface area contributed by atoms with Crippen molar-refractivity contribution < 1.29 is 9.90 Å². The molecule has 2 fully saturated rings. The largest absolute Gasteiger partial charge is 0.393 e. The molecule has 0 bridgehead atoms. The molecule has 5 unspecified atom stereocenters. The molecule has 4 aliphatic rings. The van der Waals surface area contributed by atoms with E-state index in [-0.39, 0.29) is 16.9 Å². The summed E-state index contributed by atoms with van der Waals surface area (Å²) in [7, 11) is 0. The second-order valence-corrected chi connectivity index (χ2v) is 12.2. The fourth-order valence-electron chi connectivity index (χ4n) is 6.92. The third-order valence-corrected chi connectivity index (χ3v) is 8.90. The highest BCUT2D eigenvalue weighted by atomic mass is 16.3. The molecule has 0 radical (unpaired) electrons. The number of ketones is 1. The predicted octanol–water partition coefficient (Wildman–Crippen LogP) is 7.18. The summed E-state index contributed by atoms with van der Waals surface area (Å²) in [6.07, 6.45) is 14.8. The van der Waals surface area contributed by atoms with Gasteiger partial charge in [-0.15, -0.1) is 12.3 Å². The molecule has 2 nitrogen and oxygen atoms in total. The Balaban J connectivity index is 0.000000408. The number of hydrogen-bond donors (Lipinski definition) is 1. The first-order valence-corrected chi connectivity index (χ1v) is 13.3. The smallest absolute Gasteiger partial charge is 0.156 e. The van der Waals surface area contributed by atoms with E-state index in [0.29, 0.717) is 30.0 Å². The summed E-state index contributed by atoms with van der Waals surface area (Å²) in [4.78, 5) is 12.0. The van der Waals surface area contributed by atoms with Crippen LogP contribution in [0.25, 0.3) is 0 Å². The summed E-state index contributed by atoms with van der Waals surface area (Å²) in [6, 6.07) is 9.20. The normalized spacial score (nSPS) is 32.5. The number of aryl methyl sites for hydroxylation is 1. The second-order valence-electron chi connectivity index (χ2n) is 12.2. The van der Waals surface area contributed by atoms with Crippen LogP contribution in [0.3, 0.4) is 0 Å². The van der Waals surface area contributed by atoms with E-state index < -0.39 is 0 Å². The Morgan fingerprint density at radius 1 is 1.09 bits per heavy atom. The molecule has 0 heterocycles. The molecule has 1 aromatic carbocycles. The van der Waals surface area contributed by atoms with Crippen molar-refractivity contribution in [2.24, 2.45) is 22.7 Å². The van der Waals surface area contributed by atoms with Crippen LogP contribution in [0.4, 0.5) is 0 Å². The van der Waals surface area contributed by atoms with E-state index in [4.69, 9.17) is 6.42 Å². The highest BCUT2D eigenvalue weighted by Crippen LogP contribution is 2.63. The minimum atomic E-state index is -0.175. The summed E-state index contributed by atoms with van der Waals surface area (Å²) in [5.74, 6) is 4.46. The van der Waals surface area contributed by atoms with Gasteiger partial charge in [-0.25, -0.2) is 0 Å². The maximum absolute atomic E-state index is 12.0. The number of terminal acetylenes is 1. The summed E-state index contributed by atoms with van der Waals surface area (Å²) < 4.78 is 0. The number of carbonyl (C=O) groups is 1. The predicted molar refractivity (Wildman–Crippen MR) is 140 cm³/mol. The van der Waals surface area contributed by atoms with Gasteiger partial charge < -0.3 is 5.11 Å². The van der Waals surface area contributed by atoms with Gasteiger partial charge in [-0.1, -0.05) is 43.7 Å². The highest BCUT2D eigenvalue weighted by molar-refractivity contribution is 5.93. The number of aliphatic hydroxyl groups excluding tert-OH is 1. The minimum Gasteiger partial charge on any atom is -0.393 e. The van der Waals surface area contributed by atoms with Gasteiger partial charge in [-0.2, -0.15) is 0 Å². The van der Waals surface area contributed by atoms with Crippen molar-refractivity contribution in [1.82, 2.24) is 0 Å². The second kappa shape index (κ2) is 9.50. The zero-order valence-electron chi connectivity index (χ0n) is 21.8. The summed E-state index contributed by atoms with van der Waals surface area (Å²) in [5, 5.41) is 10.9. The molecule has 0 amide bonds. The van der Waals surface area contributed by atoms with Crippen LogP contribution in [0.5, 0.6) is 0 Å². The van der Waals surface area contributed by atoms with Gasteiger partial charge in [0.2, 0.25) is 0 Å². The number of fused-ring (bicyclic) bond motifs is 4. The molecular weight excluding hydrogens is 416 g/mol. The van der Waals surface area contributed by atoms with E-state index in [1.54, 1.807) is 5.57 Å². The van der Waals surface area contributed by atoms with E-state index in [9.17, 15) is 9.90 Å². The average molecular weight is 459 g/mol. The molecule has 0 spiro atoms. The Morgan fingerprint density at radius 3 is 2.38 bits per heavy atom. The van der Waals surface area contributed by atoms with Crippen molar-refractivity contribution in [2.75, 3.05) is 0 Å². The maximum atomic E-state index is 12.0. The lowest BCUT2D eigenvalue weighted by atomic mass is 9.53. The molecule has 0 aromatic heterocycles. The first kappa shape index (κ1) is 25.0. The van der Waals surface area contributed by atoms with Gasteiger partial charge in [0, 0.05) is 17.8 Å². The summed E-state index contributed by atoms with van der Waals surface area (Å²) >= 11 is 0. The molecule has 2 saturated carbocycles. The van der Waals surface area contributed by atoms with Crippen molar-refractivity contribution in [3.8, 4) is 12.3 Å². The van der Waals surface area contributed by atoms with Gasteiger partial charge in [0.1, 0.15) is 0 Å². The van der Waals surface area contributed by atoms with Crippen LogP contribution >= 0.6 is 0 Å². The molecular formula is C32H42O2. The molecule has 4 aliphatic carbocycles. The van der Waals surface area contributed by atoms with Crippen LogP contribution in [0.15, 0.2) is 47.1 Å². The fraction of sp³-hybridized carbons (Fsp3) is 0.594. The van der Waals surface area contributed by atoms with Gasteiger partial charge in [0.25, 0.3) is 0 Å². The third kappa shape index (κ3) is 4.70. The molecule has 5 rings (SSSR count). The lowest BCUT2D eigenvalue weighted by Crippen LogP contribution is -2.45. The van der Waals surface area contributed by atoms with Crippen LogP contribution in [0.1, 0.15) is 96.6 Å². The van der Waals surface area contributed by atoms with Crippen LogP contribution in [-0.2, 0) is 11.2 Å². The van der Waals surface area contributed by atoms with Gasteiger partial charge >= 0.3 is 0 Å². The van der Waals surface area contributed by atoms with Crippen molar-refractivity contribution in [3.63, 3.8) is 0 Å². The van der Waals surface area contributed by atoms with Gasteiger partial charge in [0.15, 0.2) is 5.78 Å². The number of rotatable bonds is 2. The maximum Gasteiger partial charge on any atom is 0.156 e. The van der Waals surface area contributed by atoms with Gasteiger partial charge in [-0.3, -0.25) is 4.79 Å². The van der Waals surface area contributed by atoms with Crippen molar-refractivity contribution in [2.45, 2.75) is 98.0 Å². The molecule has 182 valence electrons. The number of carbonyl (C=O) groups excluding carboxylic acids is 1. The molecule has 1 N–H and O–H groups in total. The minimum absolute atomic E-state index is 0.0223. The lowest BCUT2D eigenvalue weighted by molar-refractivity contribution is -0.114. The Hall–Kier alpha value is -2.11. The summed E-state index contributed by atoms with van der Waals surface area (Å²) in [5.41, 5.74) is 7.33. The van der Waals surface area contributed by atoms with Crippen molar-refractivity contribution >= 4 is 5.78 Å². The number of benzene rings is 1. The quantitative estimate of drug-likeness (QED) is 0.477. The Morgan fingerprint density at radius 2 is 1.76 bits per heavy atom. The van der Waals surface area contributed by atoms with Crippen LogP contribution in [0, 0.1) is 35.0 Å². The van der Waals surface area contributed by atoms with E-state index in [0.717, 1.165) is 44.9 Å². The van der Waals surface area contributed by atoms with E-state index in [2.05, 4.69) is 44.0 Å². The zero-order chi connectivity index (χ0) is 24.7. The number of aliphatic hydroxyl groups is 1. The van der Waals surface area contributed by atoms with Crippen LogP contribution in [0.2, 0.25) is 0 Å². The number of hydrogen-bond acceptors (Lipinski definition) is 2. The average Bonchev–Trinajstić information content (AvgIpc) is 3.12. The molecule has 0 saturated heterocycles. The SMILES string of the molecule is C#CC(C)(C)C.CCc1ccc(C2CC3(C)C(O)CCC3C3CCC4=CC(=O)CCC4=C23)cc1. The standard InChI is InChI=1S/C26H32O2.C6H10/c1-3-16-4-6-17(7-5-16)22-15-26(2)23(12-13-24(26)28)21-10-8-18-14-19(27)9-11-20(18)25(21)22;1-5-6(2,3)4/h4-7,14,21-24,28H,3,8-13,15H2,1-2H3;1H,2-4H3. The topological polar surface area (TPSA) is 37.3 Å².